The fraction of sp³-hybridized carbons (Fsp3) is 0. The Morgan fingerprint density at radius 3 is 2.61 bits per heavy atom. The summed E-state index contributed by atoms with van der Waals surface area (Å²) in [5.74, 6) is -0.688. The van der Waals surface area contributed by atoms with Crippen LogP contribution in [0.1, 0.15) is 0 Å². The average Bonchev–Trinajstić information content (AvgIpc) is 2.31. The second-order valence-electron chi connectivity index (χ2n) is 3.67. The van der Waals surface area contributed by atoms with Crippen molar-refractivity contribution < 1.29 is 9.31 Å². The van der Waals surface area contributed by atoms with Gasteiger partial charge in [0.05, 0.1) is 16.7 Å². The first kappa shape index (κ1) is 11.8. The van der Waals surface area contributed by atoms with E-state index in [4.69, 9.17) is 5.73 Å². The number of rotatable bonds is 3. The normalized spacial score (nSPS) is 10.1. The summed E-state index contributed by atoms with van der Waals surface area (Å²) in [6, 6.07) is 10.2. The van der Waals surface area contributed by atoms with E-state index in [-0.39, 0.29) is 11.4 Å². The smallest absolute Gasteiger partial charge is 0.272 e. The molecule has 2 rings (SSSR count). The van der Waals surface area contributed by atoms with E-state index in [1.54, 1.807) is 24.3 Å². The molecule has 0 amide bonds. The average molecular weight is 247 g/mol. The second-order valence-corrected chi connectivity index (χ2v) is 3.67. The Morgan fingerprint density at radius 2 is 2.00 bits per heavy atom. The molecule has 5 nitrogen and oxygen atoms in total. The number of nitro benzene ring substituents is 1. The lowest BCUT2D eigenvalue weighted by molar-refractivity contribution is -0.385. The highest BCUT2D eigenvalue weighted by molar-refractivity contribution is 5.64. The minimum absolute atomic E-state index is 0.159. The number of nitrogens with zero attached hydrogens (tertiary/aromatic N) is 1. The highest BCUT2D eigenvalue weighted by atomic mass is 19.1. The third kappa shape index (κ3) is 2.54. The monoisotopic (exact) mass is 247 g/mol. The predicted molar refractivity (Wildman–Crippen MR) is 67.2 cm³/mol. The number of anilines is 3. The standard InChI is InChI=1S/C12H10FN3O2/c13-11-7-10(16(17)18)4-5-12(11)15-9-3-1-2-8(14)6-9/h1-7,15H,14H2. The van der Waals surface area contributed by atoms with Crippen molar-refractivity contribution in [1.82, 2.24) is 0 Å². The van der Waals surface area contributed by atoms with E-state index in [9.17, 15) is 14.5 Å². The quantitative estimate of drug-likeness (QED) is 0.496. The van der Waals surface area contributed by atoms with Gasteiger partial charge in [0.25, 0.3) is 5.69 Å². The molecule has 0 bridgehead atoms. The molecule has 6 heteroatoms. The van der Waals surface area contributed by atoms with Crippen molar-refractivity contribution in [3.8, 4) is 0 Å². The summed E-state index contributed by atoms with van der Waals surface area (Å²) >= 11 is 0. The van der Waals surface area contributed by atoms with E-state index < -0.39 is 10.7 Å². The van der Waals surface area contributed by atoms with Gasteiger partial charge in [0.2, 0.25) is 0 Å². The molecule has 2 aromatic rings. The molecule has 3 N–H and O–H groups in total. The van der Waals surface area contributed by atoms with Gasteiger partial charge in [-0.05, 0) is 24.3 Å². The molecule has 0 heterocycles. The number of hydrogen-bond acceptors (Lipinski definition) is 4. The molecule has 2 aromatic carbocycles. The molecule has 0 atom stereocenters. The maximum Gasteiger partial charge on any atom is 0.272 e. The van der Waals surface area contributed by atoms with Gasteiger partial charge >= 0.3 is 0 Å². The van der Waals surface area contributed by atoms with E-state index in [1.807, 2.05) is 0 Å². The summed E-state index contributed by atoms with van der Waals surface area (Å²) in [6.45, 7) is 0. The minimum Gasteiger partial charge on any atom is -0.399 e. The zero-order valence-corrected chi connectivity index (χ0v) is 9.26. The Morgan fingerprint density at radius 1 is 1.22 bits per heavy atom. The maximum atomic E-state index is 13.6. The second kappa shape index (κ2) is 4.70. The topological polar surface area (TPSA) is 81.2 Å². The van der Waals surface area contributed by atoms with Crippen LogP contribution in [0.2, 0.25) is 0 Å². The van der Waals surface area contributed by atoms with Crippen molar-refractivity contribution in [2.24, 2.45) is 0 Å². The summed E-state index contributed by atoms with van der Waals surface area (Å²) in [5.41, 5.74) is 6.62. The van der Waals surface area contributed by atoms with Crippen LogP contribution in [-0.4, -0.2) is 4.92 Å². The highest BCUT2D eigenvalue weighted by Crippen LogP contribution is 2.24. The van der Waals surface area contributed by atoms with Crippen LogP contribution in [0.3, 0.4) is 0 Å². The molecule has 0 aromatic heterocycles. The lowest BCUT2D eigenvalue weighted by atomic mass is 10.2. The number of nitro groups is 1. The van der Waals surface area contributed by atoms with Crippen molar-refractivity contribution in [2.75, 3.05) is 11.1 Å². The number of non-ortho nitro benzene ring substituents is 1. The van der Waals surface area contributed by atoms with Crippen molar-refractivity contribution >= 4 is 22.7 Å². The van der Waals surface area contributed by atoms with E-state index in [2.05, 4.69) is 5.32 Å². The van der Waals surface area contributed by atoms with Gasteiger partial charge in [-0.15, -0.1) is 0 Å². The lowest BCUT2D eigenvalue weighted by Crippen LogP contribution is -1.96. The van der Waals surface area contributed by atoms with Gasteiger partial charge in [0, 0.05) is 17.4 Å². The largest absolute Gasteiger partial charge is 0.399 e. The molecule has 0 aliphatic carbocycles. The molecule has 0 radical (unpaired) electrons. The van der Waals surface area contributed by atoms with Crippen molar-refractivity contribution in [3.05, 3.63) is 58.4 Å². The van der Waals surface area contributed by atoms with Crippen LogP contribution < -0.4 is 11.1 Å². The summed E-state index contributed by atoms with van der Waals surface area (Å²) in [4.78, 5) is 9.82. The van der Waals surface area contributed by atoms with Gasteiger partial charge in [-0.1, -0.05) is 6.07 Å². The van der Waals surface area contributed by atoms with Crippen molar-refractivity contribution in [3.63, 3.8) is 0 Å². The van der Waals surface area contributed by atoms with E-state index in [0.29, 0.717) is 11.4 Å². The first-order chi connectivity index (χ1) is 8.56. The van der Waals surface area contributed by atoms with Crippen LogP contribution in [0.25, 0.3) is 0 Å². The highest BCUT2D eigenvalue weighted by Gasteiger charge is 2.10. The molecule has 0 saturated heterocycles. The summed E-state index contributed by atoms with van der Waals surface area (Å²) < 4.78 is 13.6. The number of halogens is 1. The van der Waals surface area contributed by atoms with Gasteiger partial charge in [-0.2, -0.15) is 0 Å². The van der Waals surface area contributed by atoms with Crippen LogP contribution in [0, 0.1) is 15.9 Å². The minimum atomic E-state index is -0.688. The van der Waals surface area contributed by atoms with Crippen molar-refractivity contribution in [2.45, 2.75) is 0 Å². The zero-order valence-electron chi connectivity index (χ0n) is 9.26. The predicted octanol–water partition coefficient (Wildman–Crippen LogP) is 3.06. The van der Waals surface area contributed by atoms with Crippen LogP contribution >= 0.6 is 0 Å². The number of hydrogen-bond donors (Lipinski definition) is 2. The van der Waals surface area contributed by atoms with Gasteiger partial charge in [0.15, 0.2) is 5.82 Å². The molecule has 0 unspecified atom stereocenters. The summed E-state index contributed by atoms with van der Waals surface area (Å²) in [5, 5.41) is 13.3. The molecule has 0 aliphatic heterocycles. The third-order valence-electron chi connectivity index (χ3n) is 2.33. The van der Waals surface area contributed by atoms with Crippen LogP contribution in [-0.2, 0) is 0 Å². The molecule has 92 valence electrons. The van der Waals surface area contributed by atoms with Crippen molar-refractivity contribution in [1.29, 1.82) is 0 Å². The van der Waals surface area contributed by atoms with Crippen LogP contribution in [0.5, 0.6) is 0 Å². The van der Waals surface area contributed by atoms with Crippen LogP contribution in [0.15, 0.2) is 42.5 Å². The molecule has 0 spiro atoms. The fourth-order valence-corrected chi connectivity index (χ4v) is 1.49. The first-order valence-corrected chi connectivity index (χ1v) is 5.13. The van der Waals surface area contributed by atoms with Gasteiger partial charge in [0.1, 0.15) is 0 Å². The molecular weight excluding hydrogens is 237 g/mol. The molecular formula is C12H10FN3O2. The number of benzene rings is 2. The Balaban J connectivity index is 2.27. The van der Waals surface area contributed by atoms with E-state index >= 15 is 0 Å². The van der Waals surface area contributed by atoms with E-state index in [0.717, 1.165) is 6.07 Å². The molecule has 0 aliphatic rings. The van der Waals surface area contributed by atoms with E-state index in [1.165, 1.54) is 12.1 Å². The Hall–Kier alpha value is -2.63. The Labute approximate surface area is 102 Å². The molecule has 0 fully saturated rings. The van der Waals surface area contributed by atoms with Gasteiger partial charge in [-0.25, -0.2) is 4.39 Å². The fourth-order valence-electron chi connectivity index (χ4n) is 1.49. The third-order valence-corrected chi connectivity index (χ3v) is 2.33. The van der Waals surface area contributed by atoms with Gasteiger partial charge < -0.3 is 11.1 Å². The number of nitrogens with two attached hydrogens (primary N) is 1. The maximum absolute atomic E-state index is 13.6. The Bertz CT molecular complexity index is 602. The first-order valence-electron chi connectivity index (χ1n) is 5.13. The van der Waals surface area contributed by atoms with Gasteiger partial charge in [-0.3, -0.25) is 10.1 Å². The number of nitrogen functional groups attached to an aromatic ring is 1. The summed E-state index contributed by atoms with van der Waals surface area (Å²) in [7, 11) is 0. The SMILES string of the molecule is Nc1cccc(Nc2ccc([N+](=O)[O-])cc2F)c1. The molecule has 18 heavy (non-hydrogen) atoms. The molecule has 0 saturated carbocycles. The Kier molecular flexibility index (Phi) is 3.09. The van der Waals surface area contributed by atoms with Crippen LogP contribution in [0.4, 0.5) is 27.1 Å². The summed E-state index contributed by atoms with van der Waals surface area (Å²) in [6.07, 6.45) is 0. The number of nitrogens with one attached hydrogen (secondary N) is 1. The zero-order chi connectivity index (χ0) is 13.1. The lowest BCUT2D eigenvalue weighted by Gasteiger charge is -2.07.